The molecule has 2 N–H and O–H groups in total. The van der Waals surface area contributed by atoms with Crippen molar-refractivity contribution in [3.8, 4) is 21.1 Å². The first-order valence-corrected chi connectivity index (χ1v) is 7.31. The summed E-state index contributed by atoms with van der Waals surface area (Å²) in [5, 5.41) is 3.07. The van der Waals surface area contributed by atoms with Gasteiger partial charge in [-0.2, -0.15) is 0 Å². The van der Waals surface area contributed by atoms with Gasteiger partial charge in [-0.3, -0.25) is 0 Å². The highest BCUT2D eigenvalue weighted by molar-refractivity contribution is 7.16. The van der Waals surface area contributed by atoms with E-state index in [0.717, 1.165) is 22.0 Å². The van der Waals surface area contributed by atoms with Gasteiger partial charge < -0.3 is 5.73 Å². The molecular weight excluding hydrogens is 260 g/mol. The average molecular weight is 272 g/mol. The number of nitrogen functional groups attached to an aromatic ring is 1. The molecule has 0 aliphatic rings. The molecule has 18 heavy (non-hydrogen) atoms. The number of benzene rings is 1. The molecule has 0 aliphatic carbocycles. The summed E-state index contributed by atoms with van der Waals surface area (Å²) in [6, 6.07) is 12.1. The number of nitrogens with zero attached hydrogens (tertiary/aromatic N) is 1. The van der Waals surface area contributed by atoms with E-state index in [1.807, 2.05) is 24.3 Å². The Morgan fingerprint density at radius 1 is 1.11 bits per heavy atom. The summed E-state index contributed by atoms with van der Waals surface area (Å²) < 4.78 is 0. The lowest BCUT2D eigenvalue weighted by Gasteiger charge is -1.99. The van der Waals surface area contributed by atoms with Crippen molar-refractivity contribution in [2.45, 2.75) is 6.92 Å². The molecule has 2 nitrogen and oxygen atoms in total. The number of hydrogen-bond acceptors (Lipinski definition) is 4. The van der Waals surface area contributed by atoms with Crippen molar-refractivity contribution < 1.29 is 0 Å². The fourth-order valence-electron chi connectivity index (χ4n) is 1.77. The van der Waals surface area contributed by atoms with E-state index in [2.05, 4.69) is 29.4 Å². The van der Waals surface area contributed by atoms with Gasteiger partial charge in [0.1, 0.15) is 5.01 Å². The second-order valence-corrected chi connectivity index (χ2v) is 6.18. The van der Waals surface area contributed by atoms with Gasteiger partial charge in [0.05, 0.1) is 10.6 Å². The Morgan fingerprint density at radius 2 is 1.94 bits per heavy atom. The van der Waals surface area contributed by atoms with E-state index in [1.54, 1.807) is 22.7 Å². The first-order valence-electron chi connectivity index (χ1n) is 5.61. The smallest absolute Gasteiger partial charge is 0.126 e. The van der Waals surface area contributed by atoms with Crippen molar-refractivity contribution in [1.82, 2.24) is 4.98 Å². The van der Waals surface area contributed by atoms with Crippen LogP contribution in [0.25, 0.3) is 21.1 Å². The van der Waals surface area contributed by atoms with E-state index in [0.29, 0.717) is 0 Å². The van der Waals surface area contributed by atoms with Gasteiger partial charge in [0.2, 0.25) is 0 Å². The number of anilines is 1. The molecule has 1 aromatic carbocycles. The van der Waals surface area contributed by atoms with Gasteiger partial charge in [-0.05, 0) is 31.2 Å². The lowest BCUT2D eigenvalue weighted by Crippen LogP contribution is -1.88. The van der Waals surface area contributed by atoms with Gasteiger partial charge in [-0.25, -0.2) is 4.98 Å². The fourth-order valence-corrected chi connectivity index (χ4v) is 3.54. The molecule has 0 saturated carbocycles. The third kappa shape index (κ3) is 2.05. The second kappa shape index (κ2) is 4.55. The number of thiophene rings is 1. The number of thiazole rings is 1. The van der Waals surface area contributed by atoms with Crippen LogP contribution in [0, 0.1) is 6.92 Å². The minimum atomic E-state index is 0.778. The van der Waals surface area contributed by atoms with Crippen LogP contribution in [0.4, 0.5) is 5.69 Å². The van der Waals surface area contributed by atoms with E-state index >= 15 is 0 Å². The molecule has 0 spiro atoms. The van der Waals surface area contributed by atoms with Gasteiger partial charge in [-0.1, -0.05) is 12.1 Å². The summed E-state index contributed by atoms with van der Waals surface area (Å²) >= 11 is 3.40. The largest absolute Gasteiger partial charge is 0.398 e. The molecule has 4 heteroatoms. The average Bonchev–Trinajstić information content (AvgIpc) is 2.98. The standard InChI is InChI=1S/C14H12N2S2/c1-9-6-7-13(18-9)12-8-17-14(16-12)10-4-2-3-5-11(10)15/h2-8H,15H2,1H3. The molecule has 0 amide bonds. The Morgan fingerprint density at radius 3 is 2.67 bits per heavy atom. The van der Waals surface area contributed by atoms with Crippen LogP contribution in [-0.2, 0) is 0 Å². The SMILES string of the molecule is Cc1ccc(-c2csc(-c3ccccc3N)n2)s1. The van der Waals surface area contributed by atoms with Crippen LogP contribution in [0.15, 0.2) is 41.8 Å². The zero-order chi connectivity index (χ0) is 12.5. The zero-order valence-corrected chi connectivity index (χ0v) is 11.5. The molecule has 3 rings (SSSR count). The van der Waals surface area contributed by atoms with E-state index in [4.69, 9.17) is 5.73 Å². The first-order chi connectivity index (χ1) is 8.74. The van der Waals surface area contributed by atoms with Crippen molar-refractivity contribution in [3.63, 3.8) is 0 Å². The first kappa shape index (κ1) is 11.4. The molecule has 0 saturated heterocycles. The van der Waals surface area contributed by atoms with E-state index in [1.165, 1.54) is 9.75 Å². The van der Waals surface area contributed by atoms with Crippen LogP contribution in [0.1, 0.15) is 4.88 Å². The Hall–Kier alpha value is -1.65. The Kier molecular flexibility index (Phi) is 2.89. The summed E-state index contributed by atoms with van der Waals surface area (Å²) in [5.74, 6) is 0. The quantitative estimate of drug-likeness (QED) is 0.701. The number of nitrogens with two attached hydrogens (primary N) is 1. The molecule has 90 valence electrons. The number of hydrogen-bond donors (Lipinski definition) is 1. The van der Waals surface area contributed by atoms with E-state index in [9.17, 15) is 0 Å². The fraction of sp³-hybridized carbons (Fsp3) is 0.0714. The molecular formula is C14H12N2S2. The van der Waals surface area contributed by atoms with Crippen molar-refractivity contribution in [2.24, 2.45) is 0 Å². The zero-order valence-electron chi connectivity index (χ0n) is 9.88. The lowest BCUT2D eigenvalue weighted by molar-refractivity contribution is 1.42. The number of para-hydroxylation sites is 1. The van der Waals surface area contributed by atoms with Crippen LogP contribution in [0.5, 0.6) is 0 Å². The van der Waals surface area contributed by atoms with Crippen molar-refractivity contribution in [2.75, 3.05) is 5.73 Å². The minimum absolute atomic E-state index is 0.778. The second-order valence-electron chi connectivity index (χ2n) is 4.04. The van der Waals surface area contributed by atoms with Crippen LogP contribution >= 0.6 is 22.7 Å². The highest BCUT2D eigenvalue weighted by atomic mass is 32.1. The lowest BCUT2D eigenvalue weighted by atomic mass is 10.2. The summed E-state index contributed by atoms with van der Waals surface area (Å²) in [5.41, 5.74) is 8.81. The van der Waals surface area contributed by atoms with Gasteiger partial charge >= 0.3 is 0 Å². The van der Waals surface area contributed by atoms with Gasteiger partial charge in [0.25, 0.3) is 0 Å². The van der Waals surface area contributed by atoms with Gasteiger partial charge in [0.15, 0.2) is 0 Å². The third-order valence-electron chi connectivity index (χ3n) is 2.69. The molecule has 2 aromatic heterocycles. The van der Waals surface area contributed by atoms with E-state index in [-0.39, 0.29) is 0 Å². The Labute approximate surface area is 114 Å². The minimum Gasteiger partial charge on any atom is -0.398 e. The Balaban J connectivity index is 2.02. The monoisotopic (exact) mass is 272 g/mol. The predicted molar refractivity (Wildman–Crippen MR) is 80.0 cm³/mol. The van der Waals surface area contributed by atoms with Gasteiger partial charge in [0, 0.05) is 21.5 Å². The molecule has 0 radical (unpaired) electrons. The summed E-state index contributed by atoms with van der Waals surface area (Å²) in [4.78, 5) is 7.19. The number of aryl methyl sites for hydroxylation is 1. The molecule has 0 fully saturated rings. The molecule has 0 aliphatic heterocycles. The third-order valence-corrected chi connectivity index (χ3v) is 4.59. The summed E-state index contributed by atoms with van der Waals surface area (Å²) in [7, 11) is 0. The van der Waals surface area contributed by atoms with Crippen molar-refractivity contribution >= 4 is 28.4 Å². The van der Waals surface area contributed by atoms with Crippen LogP contribution < -0.4 is 5.73 Å². The van der Waals surface area contributed by atoms with E-state index < -0.39 is 0 Å². The highest BCUT2D eigenvalue weighted by Crippen LogP contribution is 2.34. The normalized spacial score (nSPS) is 10.7. The van der Waals surface area contributed by atoms with Crippen molar-refractivity contribution in [3.05, 3.63) is 46.7 Å². The topological polar surface area (TPSA) is 38.9 Å². The molecule has 2 heterocycles. The molecule has 0 bridgehead atoms. The van der Waals surface area contributed by atoms with Crippen LogP contribution in [0.3, 0.4) is 0 Å². The van der Waals surface area contributed by atoms with Gasteiger partial charge in [-0.15, -0.1) is 22.7 Å². The highest BCUT2D eigenvalue weighted by Gasteiger charge is 2.09. The van der Waals surface area contributed by atoms with Crippen LogP contribution in [0.2, 0.25) is 0 Å². The molecule has 3 aromatic rings. The molecule has 0 unspecified atom stereocenters. The Bertz CT molecular complexity index is 682. The summed E-state index contributed by atoms with van der Waals surface area (Å²) in [6.07, 6.45) is 0. The number of rotatable bonds is 2. The number of aromatic nitrogens is 1. The maximum absolute atomic E-state index is 5.97. The maximum atomic E-state index is 5.97. The van der Waals surface area contributed by atoms with Crippen molar-refractivity contribution in [1.29, 1.82) is 0 Å². The van der Waals surface area contributed by atoms with Crippen LogP contribution in [-0.4, -0.2) is 4.98 Å². The molecule has 0 atom stereocenters. The predicted octanol–water partition coefficient (Wildman–Crippen LogP) is 4.43. The summed E-state index contributed by atoms with van der Waals surface area (Å²) in [6.45, 7) is 2.11. The maximum Gasteiger partial charge on any atom is 0.126 e.